The number of carbonyl (C=O) groups excluding carboxylic acids is 1. The average molecular weight is 375 g/mol. The second kappa shape index (κ2) is 6.67. The van der Waals surface area contributed by atoms with Crippen LogP contribution < -0.4 is 5.32 Å². The van der Waals surface area contributed by atoms with Crippen molar-refractivity contribution >= 4 is 38.5 Å². The maximum absolute atomic E-state index is 12.7. The van der Waals surface area contributed by atoms with Gasteiger partial charge in [-0.25, -0.2) is 13.4 Å². The van der Waals surface area contributed by atoms with Gasteiger partial charge in [-0.05, 0) is 30.3 Å². The lowest BCUT2D eigenvalue weighted by atomic mass is 10.2. The van der Waals surface area contributed by atoms with Crippen LogP contribution in [0.5, 0.6) is 0 Å². The molecule has 1 aromatic carbocycles. The van der Waals surface area contributed by atoms with E-state index in [1.807, 2.05) is 0 Å². The molecular weight excluding hydrogens is 360 g/mol. The number of carbonyl (C=O) groups is 1. The molecule has 1 aliphatic heterocycles. The molecular formula is C14H15F2N3O3S2. The van der Waals surface area contributed by atoms with E-state index in [0.29, 0.717) is 17.5 Å². The molecule has 0 bridgehead atoms. The van der Waals surface area contributed by atoms with Crippen LogP contribution in [0.15, 0.2) is 29.4 Å². The molecule has 0 aliphatic carbocycles. The zero-order valence-corrected chi connectivity index (χ0v) is 14.1. The van der Waals surface area contributed by atoms with Crippen LogP contribution in [0, 0.1) is 0 Å². The van der Waals surface area contributed by atoms with E-state index >= 15 is 0 Å². The molecule has 2 aromatic rings. The molecule has 1 amide bonds. The molecule has 130 valence electrons. The predicted octanol–water partition coefficient (Wildman–Crippen LogP) is 1.65. The molecule has 1 unspecified atom stereocenters. The summed E-state index contributed by atoms with van der Waals surface area (Å²) < 4.78 is 49.7. The SMILES string of the molecule is O=C(Cn1c(SC(F)F)nc2ccccc21)NC1CCS(=O)(=O)C1. The molecule has 10 heteroatoms. The van der Waals surface area contributed by atoms with E-state index in [4.69, 9.17) is 0 Å². The van der Waals surface area contributed by atoms with Gasteiger partial charge in [-0.3, -0.25) is 4.79 Å². The highest BCUT2D eigenvalue weighted by molar-refractivity contribution is 7.99. The van der Waals surface area contributed by atoms with Crippen molar-refractivity contribution in [2.45, 2.75) is 29.9 Å². The number of benzene rings is 1. The van der Waals surface area contributed by atoms with Gasteiger partial charge in [-0.1, -0.05) is 12.1 Å². The van der Waals surface area contributed by atoms with Crippen molar-refractivity contribution < 1.29 is 22.0 Å². The zero-order valence-electron chi connectivity index (χ0n) is 12.5. The van der Waals surface area contributed by atoms with Crippen molar-refractivity contribution in [3.63, 3.8) is 0 Å². The van der Waals surface area contributed by atoms with Gasteiger partial charge in [0.1, 0.15) is 6.54 Å². The minimum absolute atomic E-state index is 0.0540. The third-order valence-corrected chi connectivity index (χ3v) is 6.18. The molecule has 1 aromatic heterocycles. The smallest absolute Gasteiger partial charge is 0.291 e. The van der Waals surface area contributed by atoms with Gasteiger partial charge in [0.15, 0.2) is 15.0 Å². The molecule has 24 heavy (non-hydrogen) atoms. The molecule has 1 saturated heterocycles. The number of halogens is 2. The first-order valence-corrected chi connectivity index (χ1v) is 9.94. The van der Waals surface area contributed by atoms with E-state index < -0.39 is 27.5 Å². The van der Waals surface area contributed by atoms with E-state index in [0.717, 1.165) is 0 Å². The minimum atomic E-state index is -3.10. The number of imidazole rings is 1. The van der Waals surface area contributed by atoms with Gasteiger partial charge in [0.05, 0.1) is 22.5 Å². The number of amides is 1. The molecule has 2 heterocycles. The topological polar surface area (TPSA) is 81.1 Å². The zero-order chi connectivity index (χ0) is 17.3. The summed E-state index contributed by atoms with van der Waals surface area (Å²) in [6.45, 7) is -0.188. The largest absolute Gasteiger partial charge is 0.351 e. The Balaban J connectivity index is 1.79. The number of hydrogen-bond donors (Lipinski definition) is 1. The van der Waals surface area contributed by atoms with Crippen LogP contribution >= 0.6 is 11.8 Å². The van der Waals surface area contributed by atoms with Gasteiger partial charge in [0.2, 0.25) is 5.91 Å². The Bertz CT molecular complexity index is 867. The Morgan fingerprint density at radius 1 is 1.42 bits per heavy atom. The molecule has 1 aliphatic rings. The number of hydrogen-bond acceptors (Lipinski definition) is 5. The highest BCUT2D eigenvalue weighted by Crippen LogP contribution is 2.28. The number of aromatic nitrogens is 2. The highest BCUT2D eigenvalue weighted by Gasteiger charge is 2.29. The van der Waals surface area contributed by atoms with Crippen LogP contribution in [0.25, 0.3) is 11.0 Å². The fourth-order valence-electron chi connectivity index (χ4n) is 2.70. The molecule has 0 saturated carbocycles. The molecule has 1 N–H and O–H groups in total. The first-order chi connectivity index (χ1) is 11.3. The standard InChI is InChI=1S/C14H15F2N3O3S2/c15-13(16)23-14-18-10-3-1-2-4-11(10)19(14)7-12(20)17-9-5-6-24(21,22)8-9/h1-4,9,13H,5-8H2,(H,17,20). The van der Waals surface area contributed by atoms with Crippen molar-refractivity contribution in [1.82, 2.24) is 14.9 Å². The lowest BCUT2D eigenvalue weighted by Gasteiger charge is -2.13. The number of rotatable bonds is 5. The van der Waals surface area contributed by atoms with Gasteiger partial charge in [0, 0.05) is 6.04 Å². The number of fused-ring (bicyclic) bond motifs is 1. The maximum Gasteiger partial charge on any atom is 0.291 e. The van der Waals surface area contributed by atoms with Crippen LogP contribution in [0.1, 0.15) is 6.42 Å². The van der Waals surface area contributed by atoms with Crippen LogP contribution in [-0.4, -0.2) is 47.2 Å². The van der Waals surface area contributed by atoms with Crippen molar-refractivity contribution in [2.24, 2.45) is 0 Å². The summed E-state index contributed by atoms with van der Waals surface area (Å²) in [5.74, 6) is -3.10. The Labute approximate surface area is 141 Å². The predicted molar refractivity (Wildman–Crippen MR) is 86.8 cm³/mol. The van der Waals surface area contributed by atoms with Crippen molar-refractivity contribution in [2.75, 3.05) is 11.5 Å². The third kappa shape index (κ3) is 3.86. The molecule has 0 spiro atoms. The van der Waals surface area contributed by atoms with Gasteiger partial charge in [-0.2, -0.15) is 8.78 Å². The van der Waals surface area contributed by atoms with E-state index in [9.17, 15) is 22.0 Å². The molecule has 1 fully saturated rings. The lowest BCUT2D eigenvalue weighted by molar-refractivity contribution is -0.122. The average Bonchev–Trinajstić information content (AvgIpc) is 2.99. The fourth-order valence-corrected chi connectivity index (χ4v) is 4.98. The summed E-state index contributed by atoms with van der Waals surface area (Å²) in [4.78, 5) is 16.3. The number of nitrogens with one attached hydrogen (secondary N) is 1. The number of sulfone groups is 1. The van der Waals surface area contributed by atoms with Gasteiger partial charge in [0.25, 0.3) is 5.76 Å². The normalized spacial score (nSPS) is 19.9. The Kier molecular flexibility index (Phi) is 4.77. The molecule has 0 radical (unpaired) electrons. The number of para-hydroxylation sites is 2. The Hall–Kier alpha value is -1.68. The van der Waals surface area contributed by atoms with E-state index in [-0.39, 0.29) is 35.0 Å². The highest BCUT2D eigenvalue weighted by atomic mass is 32.2. The lowest BCUT2D eigenvalue weighted by Crippen LogP contribution is -2.37. The summed E-state index contributed by atoms with van der Waals surface area (Å²) in [5, 5.41) is 2.71. The number of nitrogens with zero attached hydrogens (tertiary/aromatic N) is 2. The van der Waals surface area contributed by atoms with E-state index in [1.165, 1.54) is 4.57 Å². The summed E-state index contributed by atoms with van der Waals surface area (Å²) in [6.07, 6.45) is 0.372. The van der Waals surface area contributed by atoms with Crippen molar-refractivity contribution in [3.05, 3.63) is 24.3 Å². The van der Waals surface area contributed by atoms with Crippen molar-refractivity contribution in [1.29, 1.82) is 0 Å². The summed E-state index contributed by atoms with van der Waals surface area (Å²) >= 11 is 0.278. The number of alkyl halides is 2. The second-order valence-electron chi connectivity index (χ2n) is 5.52. The quantitative estimate of drug-likeness (QED) is 0.804. The number of thioether (sulfide) groups is 1. The molecule has 1 atom stereocenters. The summed E-state index contributed by atoms with van der Waals surface area (Å²) in [6, 6.07) is 6.43. The minimum Gasteiger partial charge on any atom is -0.351 e. The first-order valence-electron chi connectivity index (χ1n) is 7.24. The van der Waals surface area contributed by atoms with Crippen LogP contribution in [0.3, 0.4) is 0 Å². The first kappa shape index (κ1) is 17.2. The molecule has 3 rings (SSSR count). The van der Waals surface area contributed by atoms with Gasteiger partial charge < -0.3 is 9.88 Å². The maximum atomic E-state index is 12.7. The Morgan fingerprint density at radius 3 is 2.83 bits per heavy atom. The monoisotopic (exact) mass is 375 g/mol. The van der Waals surface area contributed by atoms with E-state index in [2.05, 4.69) is 10.3 Å². The Morgan fingerprint density at radius 2 is 2.17 bits per heavy atom. The van der Waals surface area contributed by atoms with Crippen LogP contribution in [-0.2, 0) is 21.2 Å². The van der Waals surface area contributed by atoms with E-state index in [1.54, 1.807) is 24.3 Å². The van der Waals surface area contributed by atoms with Crippen molar-refractivity contribution in [3.8, 4) is 0 Å². The van der Waals surface area contributed by atoms with Crippen LogP contribution in [0.4, 0.5) is 8.78 Å². The summed E-state index contributed by atoms with van der Waals surface area (Å²) in [7, 11) is -3.10. The second-order valence-corrected chi connectivity index (χ2v) is 8.70. The third-order valence-electron chi connectivity index (χ3n) is 3.71. The summed E-state index contributed by atoms with van der Waals surface area (Å²) in [5.41, 5.74) is 1.10. The van der Waals surface area contributed by atoms with Gasteiger partial charge in [-0.15, -0.1) is 0 Å². The van der Waals surface area contributed by atoms with Gasteiger partial charge >= 0.3 is 0 Å². The molecule has 6 nitrogen and oxygen atoms in total. The fraction of sp³-hybridized carbons (Fsp3) is 0.429. The van der Waals surface area contributed by atoms with Crippen LogP contribution in [0.2, 0.25) is 0 Å².